The Morgan fingerprint density at radius 3 is 2.30 bits per heavy atom. The van der Waals surface area contributed by atoms with E-state index in [0.717, 1.165) is 4.47 Å². The zero-order valence-corrected chi connectivity index (χ0v) is 13.1. The van der Waals surface area contributed by atoms with E-state index in [2.05, 4.69) is 25.9 Å². The van der Waals surface area contributed by atoms with Crippen LogP contribution in [-0.2, 0) is 0 Å². The summed E-state index contributed by atoms with van der Waals surface area (Å²) in [6, 6.07) is 8.70. The minimum absolute atomic E-state index is 0.00657. The summed E-state index contributed by atoms with van der Waals surface area (Å²) in [5.74, 6) is 0.596. The third-order valence-electron chi connectivity index (χ3n) is 2.53. The Bertz CT molecular complexity index is 613. The Kier molecular flexibility index (Phi) is 4.61. The molecule has 104 valence electrons. The van der Waals surface area contributed by atoms with Gasteiger partial charge in [0.25, 0.3) is 0 Å². The lowest BCUT2D eigenvalue weighted by Gasteiger charge is -2.10. The molecule has 0 aliphatic carbocycles. The van der Waals surface area contributed by atoms with Crippen molar-refractivity contribution in [3.8, 4) is 0 Å². The van der Waals surface area contributed by atoms with Crippen LogP contribution >= 0.6 is 27.7 Å². The molecule has 5 nitrogen and oxygen atoms in total. The second-order valence-corrected chi connectivity index (χ2v) is 6.36. The van der Waals surface area contributed by atoms with Crippen molar-refractivity contribution in [3.05, 3.63) is 40.4 Å². The van der Waals surface area contributed by atoms with Crippen molar-refractivity contribution in [2.45, 2.75) is 17.3 Å². The van der Waals surface area contributed by atoms with Gasteiger partial charge in [0.2, 0.25) is 0 Å². The van der Waals surface area contributed by atoms with Gasteiger partial charge in [0, 0.05) is 16.1 Å². The maximum absolute atomic E-state index is 12.3. The molecular weight excluding hydrogens is 340 g/mol. The summed E-state index contributed by atoms with van der Waals surface area (Å²) in [6.07, 6.45) is 0. The number of halogens is 1. The van der Waals surface area contributed by atoms with Crippen molar-refractivity contribution in [3.63, 3.8) is 0 Å². The highest BCUT2D eigenvalue weighted by atomic mass is 79.9. The number of benzene rings is 1. The molecule has 1 heterocycles. The van der Waals surface area contributed by atoms with E-state index < -0.39 is 0 Å². The molecule has 0 radical (unpaired) electrons. The number of hydrogen-bond acceptors (Lipinski definition) is 6. The third-order valence-corrected chi connectivity index (χ3v) is 4.02. The first-order chi connectivity index (χ1) is 9.45. The van der Waals surface area contributed by atoms with Gasteiger partial charge in [-0.3, -0.25) is 4.79 Å². The quantitative estimate of drug-likeness (QED) is 0.499. The number of hydrogen-bond donors (Lipinski definition) is 2. The molecule has 20 heavy (non-hydrogen) atoms. The topological polar surface area (TPSA) is 94.9 Å². The van der Waals surface area contributed by atoms with Gasteiger partial charge in [-0.2, -0.15) is 0 Å². The van der Waals surface area contributed by atoms with Gasteiger partial charge in [0.05, 0.1) is 5.25 Å². The monoisotopic (exact) mass is 352 g/mol. The number of rotatable bonds is 4. The molecule has 1 atom stereocenters. The highest BCUT2D eigenvalue weighted by Gasteiger charge is 2.18. The number of nitrogens with two attached hydrogens (primary N) is 2. The fourth-order valence-electron chi connectivity index (χ4n) is 1.58. The standard InChI is InChI=1S/C13H13BrN4OS/c1-7(12(19)8-2-4-9(14)5-3-8)20-13-17-10(15)6-11(16)18-13/h2-7H,1H3,(H4,15,16,17,18)/t7-/m0/s1. The van der Waals surface area contributed by atoms with Crippen LogP contribution in [0.2, 0.25) is 0 Å². The van der Waals surface area contributed by atoms with Crippen LogP contribution in [0.25, 0.3) is 0 Å². The lowest BCUT2D eigenvalue weighted by atomic mass is 10.1. The van der Waals surface area contributed by atoms with Crippen LogP contribution < -0.4 is 11.5 Å². The molecule has 0 spiro atoms. The van der Waals surface area contributed by atoms with E-state index in [1.807, 2.05) is 12.1 Å². The smallest absolute Gasteiger partial charge is 0.192 e. The van der Waals surface area contributed by atoms with E-state index in [-0.39, 0.29) is 11.0 Å². The van der Waals surface area contributed by atoms with E-state index in [4.69, 9.17) is 11.5 Å². The SMILES string of the molecule is C[C@H](Sc1nc(N)cc(N)n1)C(=O)c1ccc(Br)cc1. The summed E-state index contributed by atoms with van der Waals surface area (Å²) in [7, 11) is 0. The number of carbonyl (C=O) groups is 1. The summed E-state index contributed by atoms with van der Waals surface area (Å²) in [5.41, 5.74) is 11.9. The van der Waals surface area contributed by atoms with E-state index in [0.29, 0.717) is 22.4 Å². The van der Waals surface area contributed by atoms with E-state index in [1.54, 1.807) is 19.1 Å². The zero-order valence-electron chi connectivity index (χ0n) is 10.7. The first-order valence-electron chi connectivity index (χ1n) is 5.82. The highest BCUT2D eigenvalue weighted by Crippen LogP contribution is 2.24. The maximum Gasteiger partial charge on any atom is 0.192 e. The van der Waals surface area contributed by atoms with Gasteiger partial charge >= 0.3 is 0 Å². The van der Waals surface area contributed by atoms with Gasteiger partial charge < -0.3 is 11.5 Å². The molecule has 2 aromatic rings. The number of anilines is 2. The predicted octanol–water partition coefficient (Wildman–Crippen LogP) is 2.77. The Labute approximate surface area is 129 Å². The van der Waals surface area contributed by atoms with Gasteiger partial charge in [-0.25, -0.2) is 9.97 Å². The van der Waals surface area contributed by atoms with Crippen molar-refractivity contribution in [1.82, 2.24) is 9.97 Å². The Morgan fingerprint density at radius 2 is 1.75 bits per heavy atom. The first-order valence-corrected chi connectivity index (χ1v) is 7.49. The second-order valence-electron chi connectivity index (χ2n) is 4.13. The van der Waals surface area contributed by atoms with Crippen LogP contribution in [-0.4, -0.2) is 21.0 Å². The number of thioether (sulfide) groups is 1. The van der Waals surface area contributed by atoms with Crippen LogP contribution in [0, 0.1) is 0 Å². The summed E-state index contributed by atoms with van der Waals surface area (Å²) < 4.78 is 0.932. The molecule has 1 aromatic heterocycles. The van der Waals surface area contributed by atoms with E-state index in [1.165, 1.54) is 17.8 Å². The van der Waals surface area contributed by atoms with Crippen LogP contribution in [0.3, 0.4) is 0 Å². The molecule has 0 saturated heterocycles. The fraction of sp³-hybridized carbons (Fsp3) is 0.154. The van der Waals surface area contributed by atoms with Gasteiger partial charge in [0.1, 0.15) is 11.6 Å². The number of Topliss-reactive ketones (excluding diaryl/α,β-unsaturated/α-hetero) is 1. The summed E-state index contributed by atoms with van der Waals surface area (Å²) in [4.78, 5) is 20.4. The molecule has 0 unspecified atom stereocenters. The van der Waals surface area contributed by atoms with E-state index >= 15 is 0 Å². The lowest BCUT2D eigenvalue weighted by Crippen LogP contribution is -2.14. The van der Waals surface area contributed by atoms with Crippen molar-refractivity contribution in [1.29, 1.82) is 0 Å². The van der Waals surface area contributed by atoms with Crippen molar-refractivity contribution >= 4 is 45.1 Å². The molecule has 0 aliphatic rings. The summed E-state index contributed by atoms with van der Waals surface area (Å²) in [6.45, 7) is 1.80. The van der Waals surface area contributed by atoms with Crippen LogP contribution in [0.1, 0.15) is 17.3 Å². The van der Waals surface area contributed by atoms with Crippen LogP contribution in [0.5, 0.6) is 0 Å². The Hall–Kier alpha value is -1.60. The minimum atomic E-state index is -0.322. The largest absolute Gasteiger partial charge is 0.383 e. The molecule has 1 aromatic carbocycles. The summed E-state index contributed by atoms with van der Waals surface area (Å²) in [5, 5.41) is 0.0813. The fourth-order valence-corrected chi connectivity index (χ4v) is 2.72. The number of nitrogens with zero attached hydrogens (tertiary/aromatic N) is 2. The molecule has 7 heteroatoms. The third kappa shape index (κ3) is 3.71. The van der Waals surface area contributed by atoms with Gasteiger partial charge in [-0.15, -0.1) is 0 Å². The van der Waals surface area contributed by atoms with Crippen molar-refractivity contribution in [2.24, 2.45) is 0 Å². The number of carbonyl (C=O) groups excluding carboxylic acids is 1. The number of aromatic nitrogens is 2. The molecule has 2 rings (SSSR count). The average Bonchev–Trinajstić information content (AvgIpc) is 2.37. The molecular formula is C13H13BrN4OS. The van der Waals surface area contributed by atoms with Gasteiger partial charge in [-0.1, -0.05) is 39.8 Å². The molecule has 0 bridgehead atoms. The molecule has 0 saturated carbocycles. The maximum atomic E-state index is 12.3. The zero-order chi connectivity index (χ0) is 14.7. The van der Waals surface area contributed by atoms with Crippen molar-refractivity contribution < 1.29 is 4.79 Å². The number of nitrogen functional groups attached to an aromatic ring is 2. The molecule has 0 aliphatic heterocycles. The van der Waals surface area contributed by atoms with Crippen molar-refractivity contribution in [2.75, 3.05) is 11.5 Å². The molecule has 0 fully saturated rings. The second kappa shape index (κ2) is 6.23. The van der Waals surface area contributed by atoms with Crippen LogP contribution in [0.15, 0.2) is 40.0 Å². The molecule has 4 N–H and O–H groups in total. The Morgan fingerprint density at radius 1 is 1.20 bits per heavy atom. The normalized spacial score (nSPS) is 12.1. The van der Waals surface area contributed by atoms with Gasteiger partial charge in [-0.05, 0) is 19.1 Å². The highest BCUT2D eigenvalue weighted by molar-refractivity contribution is 9.10. The van der Waals surface area contributed by atoms with Gasteiger partial charge in [0.15, 0.2) is 10.9 Å². The minimum Gasteiger partial charge on any atom is -0.383 e. The van der Waals surface area contributed by atoms with Crippen LogP contribution in [0.4, 0.5) is 11.6 Å². The Balaban J connectivity index is 2.13. The predicted molar refractivity (Wildman–Crippen MR) is 84.6 cm³/mol. The summed E-state index contributed by atoms with van der Waals surface area (Å²) >= 11 is 4.57. The first kappa shape index (κ1) is 14.8. The van der Waals surface area contributed by atoms with E-state index in [9.17, 15) is 4.79 Å². The lowest BCUT2D eigenvalue weighted by molar-refractivity contribution is 0.0994. The average molecular weight is 353 g/mol. The number of ketones is 1. The molecule has 0 amide bonds.